The lowest BCUT2D eigenvalue weighted by atomic mass is 10.3. The first-order valence-electron chi connectivity index (χ1n) is 6.79. The van der Waals surface area contributed by atoms with Gasteiger partial charge in [-0.1, -0.05) is 6.92 Å². The Labute approximate surface area is 116 Å². The van der Waals surface area contributed by atoms with Gasteiger partial charge in [-0.15, -0.1) is 11.3 Å². The van der Waals surface area contributed by atoms with Crippen LogP contribution in [0.15, 0.2) is 6.07 Å². The molecule has 2 aromatic heterocycles. The normalized spacial score (nSPS) is 16.8. The standard InChI is InChI=1S/C13H19N5S/c1-2-9-8-10-11(14)16-13(17-12(10)19-9)18-6-3-4-15-5-7-18/h8,15H,2-7H2,1H3,(H2,14,16,17). The topological polar surface area (TPSA) is 67.1 Å². The molecule has 0 unspecified atom stereocenters. The Balaban J connectivity index is 1.99. The van der Waals surface area contributed by atoms with Crippen LogP contribution in [0.25, 0.3) is 10.2 Å². The third-order valence-corrected chi connectivity index (χ3v) is 4.61. The highest BCUT2D eigenvalue weighted by Gasteiger charge is 2.15. The zero-order valence-electron chi connectivity index (χ0n) is 11.1. The molecule has 1 aliphatic heterocycles. The quantitative estimate of drug-likeness (QED) is 0.873. The molecule has 1 fully saturated rings. The van der Waals surface area contributed by atoms with E-state index in [0.29, 0.717) is 5.82 Å². The van der Waals surface area contributed by atoms with Gasteiger partial charge in [0.1, 0.15) is 10.6 Å². The second-order valence-electron chi connectivity index (χ2n) is 4.78. The predicted molar refractivity (Wildman–Crippen MR) is 80.9 cm³/mol. The lowest BCUT2D eigenvalue weighted by Crippen LogP contribution is -2.29. The Morgan fingerprint density at radius 1 is 1.37 bits per heavy atom. The first-order chi connectivity index (χ1) is 9.28. The summed E-state index contributed by atoms with van der Waals surface area (Å²) in [5, 5.41) is 4.38. The fourth-order valence-electron chi connectivity index (χ4n) is 2.34. The minimum absolute atomic E-state index is 0.605. The van der Waals surface area contributed by atoms with E-state index in [0.717, 1.165) is 55.2 Å². The van der Waals surface area contributed by atoms with Crippen molar-refractivity contribution in [2.45, 2.75) is 19.8 Å². The van der Waals surface area contributed by atoms with Gasteiger partial charge in [-0.25, -0.2) is 4.98 Å². The minimum Gasteiger partial charge on any atom is -0.383 e. The number of aryl methyl sites for hydroxylation is 1. The Bertz CT molecular complexity index is 572. The number of hydrogen-bond donors (Lipinski definition) is 2. The molecular formula is C13H19N5S. The summed E-state index contributed by atoms with van der Waals surface area (Å²) < 4.78 is 0. The summed E-state index contributed by atoms with van der Waals surface area (Å²) in [6, 6.07) is 2.11. The van der Waals surface area contributed by atoms with Crippen LogP contribution in [0.5, 0.6) is 0 Å². The van der Waals surface area contributed by atoms with Crippen molar-refractivity contribution in [1.29, 1.82) is 0 Å². The molecule has 5 nitrogen and oxygen atoms in total. The summed E-state index contributed by atoms with van der Waals surface area (Å²) in [4.78, 5) is 13.7. The Kier molecular flexibility index (Phi) is 3.52. The molecule has 0 saturated carbocycles. The van der Waals surface area contributed by atoms with E-state index in [1.165, 1.54) is 4.88 Å². The molecular weight excluding hydrogens is 258 g/mol. The van der Waals surface area contributed by atoms with Gasteiger partial charge in [0, 0.05) is 24.5 Å². The van der Waals surface area contributed by atoms with E-state index in [1.54, 1.807) is 11.3 Å². The molecule has 3 N–H and O–H groups in total. The number of thiophene rings is 1. The number of rotatable bonds is 2. The van der Waals surface area contributed by atoms with E-state index < -0.39 is 0 Å². The van der Waals surface area contributed by atoms with E-state index >= 15 is 0 Å². The zero-order valence-corrected chi connectivity index (χ0v) is 12.0. The molecule has 1 aliphatic rings. The smallest absolute Gasteiger partial charge is 0.228 e. The third-order valence-electron chi connectivity index (χ3n) is 3.43. The van der Waals surface area contributed by atoms with E-state index in [-0.39, 0.29) is 0 Å². The molecule has 0 amide bonds. The van der Waals surface area contributed by atoms with Crippen LogP contribution in [-0.2, 0) is 6.42 Å². The summed E-state index contributed by atoms with van der Waals surface area (Å²) in [5.74, 6) is 1.38. The van der Waals surface area contributed by atoms with Crippen LogP contribution in [0.3, 0.4) is 0 Å². The third kappa shape index (κ3) is 2.50. The molecule has 0 atom stereocenters. The predicted octanol–water partition coefficient (Wildman–Crippen LogP) is 1.64. The van der Waals surface area contributed by atoms with Crippen molar-refractivity contribution in [3.63, 3.8) is 0 Å². The van der Waals surface area contributed by atoms with E-state index in [2.05, 4.69) is 28.2 Å². The second kappa shape index (κ2) is 5.30. The fraction of sp³-hybridized carbons (Fsp3) is 0.538. The number of nitrogens with zero attached hydrogens (tertiary/aromatic N) is 3. The van der Waals surface area contributed by atoms with Crippen LogP contribution in [0.4, 0.5) is 11.8 Å². The summed E-state index contributed by atoms with van der Waals surface area (Å²) in [5.41, 5.74) is 6.08. The molecule has 0 aromatic carbocycles. The Hall–Kier alpha value is -1.40. The number of nitrogens with two attached hydrogens (primary N) is 1. The second-order valence-corrected chi connectivity index (χ2v) is 5.90. The summed E-state index contributed by atoms with van der Waals surface area (Å²) in [7, 11) is 0. The summed E-state index contributed by atoms with van der Waals surface area (Å²) in [6.07, 6.45) is 2.13. The van der Waals surface area contributed by atoms with Crippen LogP contribution in [0.2, 0.25) is 0 Å². The molecule has 102 valence electrons. The van der Waals surface area contributed by atoms with Gasteiger partial charge < -0.3 is 16.0 Å². The monoisotopic (exact) mass is 277 g/mol. The van der Waals surface area contributed by atoms with Gasteiger partial charge in [0.2, 0.25) is 5.95 Å². The van der Waals surface area contributed by atoms with Crippen molar-refractivity contribution >= 4 is 33.3 Å². The maximum absolute atomic E-state index is 6.08. The number of nitrogens with one attached hydrogen (secondary N) is 1. The number of fused-ring (bicyclic) bond motifs is 1. The van der Waals surface area contributed by atoms with Crippen LogP contribution >= 0.6 is 11.3 Å². The first kappa shape index (κ1) is 12.6. The average Bonchev–Trinajstić information content (AvgIpc) is 2.65. The van der Waals surface area contributed by atoms with Crippen molar-refractivity contribution in [1.82, 2.24) is 15.3 Å². The van der Waals surface area contributed by atoms with Crippen molar-refractivity contribution in [2.24, 2.45) is 0 Å². The fourth-order valence-corrected chi connectivity index (χ4v) is 3.31. The van der Waals surface area contributed by atoms with Gasteiger partial charge in [0.25, 0.3) is 0 Å². The van der Waals surface area contributed by atoms with Crippen LogP contribution in [0.1, 0.15) is 18.2 Å². The van der Waals surface area contributed by atoms with Crippen molar-refractivity contribution < 1.29 is 0 Å². The molecule has 3 rings (SSSR count). The van der Waals surface area contributed by atoms with E-state index in [1.807, 2.05) is 0 Å². The van der Waals surface area contributed by atoms with Crippen molar-refractivity contribution in [3.8, 4) is 0 Å². The molecule has 0 spiro atoms. The number of anilines is 2. The maximum atomic E-state index is 6.08. The lowest BCUT2D eigenvalue weighted by molar-refractivity contribution is 0.724. The van der Waals surface area contributed by atoms with Gasteiger partial charge in [-0.3, -0.25) is 0 Å². The largest absolute Gasteiger partial charge is 0.383 e. The van der Waals surface area contributed by atoms with Crippen molar-refractivity contribution in [2.75, 3.05) is 36.8 Å². The molecule has 2 aromatic rings. The number of hydrogen-bond acceptors (Lipinski definition) is 6. The molecule has 3 heterocycles. The highest BCUT2D eigenvalue weighted by molar-refractivity contribution is 7.18. The van der Waals surface area contributed by atoms with E-state index in [4.69, 9.17) is 10.7 Å². The van der Waals surface area contributed by atoms with Gasteiger partial charge in [-0.2, -0.15) is 4.98 Å². The van der Waals surface area contributed by atoms with Crippen molar-refractivity contribution in [3.05, 3.63) is 10.9 Å². The first-order valence-corrected chi connectivity index (χ1v) is 7.61. The SMILES string of the molecule is CCc1cc2c(N)nc(N3CCCNCC3)nc2s1. The van der Waals surface area contributed by atoms with Gasteiger partial charge in [0.05, 0.1) is 5.39 Å². The molecule has 1 saturated heterocycles. The molecule has 0 bridgehead atoms. The average molecular weight is 277 g/mol. The number of nitrogen functional groups attached to an aromatic ring is 1. The summed E-state index contributed by atoms with van der Waals surface area (Å²) in [6.45, 7) is 6.12. The highest BCUT2D eigenvalue weighted by atomic mass is 32.1. The van der Waals surface area contributed by atoms with Gasteiger partial charge in [-0.05, 0) is 25.5 Å². The summed E-state index contributed by atoms with van der Waals surface area (Å²) >= 11 is 1.72. The minimum atomic E-state index is 0.605. The Morgan fingerprint density at radius 3 is 3.11 bits per heavy atom. The van der Waals surface area contributed by atoms with Crippen LogP contribution in [0, 0.1) is 0 Å². The van der Waals surface area contributed by atoms with E-state index in [9.17, 15) is 0 Å². The molecule has 6 heteroatoms. The molecule has 0 aliphatic carbocycles. The van der Waals surface area contributed by atoms with Gasteiger partial charge >= 0.3 is 0 Å². The van der Waals surface area contributed by atoms with Crippen LogP contribution < -0.4 is 16.0 Å². The van der Waals surface area contributed by atoms with Crippen LogP contribution in [-0.4, -0.2) is 36.1 Å². The molecule has 0 radical (unpaired) electrons. The zero-order chi connectivity index (χ0) is 13.2. The Morgan fingerprint density at radius 2 is 2.26 bits per heavy atom. The highest BCUT2D eigenvalue weighted by Crippen LogP contribution is 2.29. The number of aromatic nitrogens is 2. The molecule has 19 heavy (non-hydrogen) atoms. The van der Waals surface area contributed by atoms with Gasteiger partial charge in [0.15, 0.2) is 0 Å². The lowest BCUT2D eigenvalue weighted by Gasteiger charge is -2.19. The maximum Gasteiger partial charge on any atom is 0.228 e.